The Labute approximate surface area is 64.1 Å². The van der Waals surface area contributed by atoms with E-state index >= 15 is 0 Å². The predicted molar refractivity (Wildman–Crippen MR) is 44.6 cm³/mol. The minimum Gasteiger partial charge on any atom is -0.526 e. The Balaban J connectivity index is 3.62. The van der Waals surface area contributed by atoms with Crippen LogP contribution in [-0.2, 0) is 9.22 Å². The fraction of sp³-hybridized carbons (Fsp3) is 0.286. The van der Waals surface area contributed by atoms with Gasteiger partial charge >= 0.3 is 5.97 Å². The van der Waals surface area contributed by atoms with Gasteiger partial charge in [-0.3, -0.25) is 0 Å². The van der Waals surface area contributed by atoms with Gasteiger partial charge in [0.25, 0.3) is 0 Å². The molecule has 0 spiro atoms. The van der Waals surface area contributed by atoms with Crippen molar-refractivity contribution in [2.24, 2.45) is 0 Å². The normalized spacial score (nSPS) is 8.80. The molecular weight excluding hydrogens is 144 g/mol. The summed E-state index contributed by atoms with van der Waals surface area (Å²) in [4.78, 5) is 10.7. The van der Waals surface area contributed by atoms with Crippen LogP contribution in [-0.4, -0.2) is 16.5 Å². The molecule has 0 radical (unpaired) electrons. The highest BCUT2D eigenvalue weighted by atomic mass is 28.2. The molecule has 0 aromatic carbocycles. The summed E-state index contributed by atoms with van der Waals surface area (Å²) < 4.78 is 4.58. The molecule has 0 N–H and O–H groups in total. The maximum Gasteiger partial charge on any atom is 0.319 e. The van der Waals surface area contributed by atoms with Gasteiger partial charge < -0.3 is 4.43 Å². The smallest absolute Gasteiger partial charge is 0.319 e. The fourth-order valence-corrected chi connectivity index (χ4v) is 0.811. The van der Waals surface area contributed by atoms with Gasteiger partial charge in [0, 0.05) is 5.57 Å². The molecular formula is C7H12O2Si. The van der Waals surface area contributed by atoms with E-state index in [0.29, 0.717) is 22.5 Å². The zero-order chi connectivity index (χ0) is 7.98. The Morgan fingerprint density at radius 1 is 1.70 bits per heavy atom. The molecule has 0 aliphatic rings. The molecule has 0 unspecified atom stereocenters. The van der Waals surface area contributed by atoms with E-state index in [4.69, 9.17) is 0 Å². The van der Waals surface area contributed by atoms with Crippen LogP contribution in [0, 0.1) is 0 Å². The summed E-state index contributed by atoms with van der Waals surface area (Å²) in [6, 6.07) is 0. The molecule has 0 aromatic heterocycles. The molecule has 10 heavy (non-hydrogen) atoms. The number of hydrogen-bond acceptors (Lipinski definition) is 2. The van der Waals surface area contributed by atoms with Crippen LogP contribution in [0.1, 0.15) is 12.8 Å². The molecule has 0 atom stereocenters. The second-order valence-corrected chi connectivity index (χ2v) is 2.33. The first-order valence-corrected chi connectivity index (χ1v) is 3.91. The molecule has 0 aliphatic carbocycles. The predicted octanol–water partition coefficient (Wildman–Crippen LogP) is 0.332. The highest BCUT2D eigenvalue weighted by molar-refractivity contribution is 6.09. The topological polar surface area (TPSA) is 26.3 Å². The Hall–Kier alpha value is -0.833. The van der Waals surface area contributed by atoms with Crippen molar-refractivity contribution in [2.75, 3.05) is 0 Å². The Bertz CT molecular complexity index is 152. The third-order valence-corrected chi connectivity index (χ3v) is 1.50. The summed E-state index contributed by atoms with van der Waals surface area (Å²) in [5, 5.41) is 0. The van der Waals surface area contributed by atoms with Gasteiger partial charge in [0.2, 0.25) is 10.5 Å². The minimum absolute atomic E-state index is 0.270. The zero-order valence-corrected chi connectivity index (χ0v) is 8.22. The maximum absolute atomic E-state index is 10.7. The van der Waals surface area contributed by atoms with Gasteiger partial charge in [-0.1, -0.05) is 12.7 Å². The van der Waals surface area contributed by atoms with Crippen LogP contribution >= 0.6 is 0 Å². The van der Waals surface area contributed by atoms with Crippen LogP contribution < -0.4 is 0 Å². The van der Waals surface area contributed by atoms with Gasteiger partial charge in [-0.05, 0) is 12.8 Å². The second kappa shape index (κ2) is 4.99. The molecule has 0 amide bonds. The Kier molecular flexibility index (Phi) is 4.58. The van der Waals surface area contributed by atoms with Gasteiger partial charge in [0.05, 0.1) is 0 Å². The molecule has 0 saturated heterocycles. The summed E-state index contributed by atoms with van der Waals surface area (Å²) >= 11 is 0. The summed E-state index contributed by atoms with van der Waals surface area (Å²) in [6.45, 7) is 7.10. The van der Waals surface area contributed by atoms with E-state index in [1.807, 2.05) is 0 Å². The van der Waals surface area contributed by atoms with E-state index in [9.17, 15) is 4.79 Å². The Morgan fingerprint density at radius 2 is 2.30 bits per heavy atom. The molecule has 0 rings (SSSR count). The lowest BCUT2D eigenvalue weighted by molar-refractivity contribution is -0.129. The van der Waals surface area contributed by atoms with Gasteiger partial charge in [0.1, 0.15) is 0 Å². The lowest BCUT2D eigenvalue weighted by Crippen LogP contribution is -2.03. The van der Waals surface area contributed by atoms with Crippen molar-refractivity contribution in [3.63, 3.8) is 0 Å². The molecule has 0 saturated carbocycles. The van der Waals surface area contributed by atoms with Crippen LogP contribution in [0.3, 0.4) is 0 Å². The summed E-state index contributed by atoms with van der Waals surface area (Å²) in [6.07, 6.45) is 3.20. The third-order valence-electron chi connectivity index (χ3n) is 1.12. The van der Waals surface area contributed by atoms with Crippen LogP contribution in [0.15, 0.2) is 24.8 Å². The van der Waals surface area contributed by atoms with Crippen molar-refractivity contribution in [2.45, 2.75) is 12.8 Å². The first-order chi connectivity index (χ1) is 4.72. The molecule has 56 valence electrons. The van der Waals surface area contributed by atoms with Crippen LogP contribution in [0.2, 0.25) is 0 Å². The van der Waals surface area contributed by atoms with E-state index in [1.54, 1.807) is 6.08 Å². The molecule has 0 heterocycles. The zero-order valence-electron chi connectivity index (χ0n) is 6.22. The van der Waals surface area contributed by atoms with E-state index in [1.165, 1.54) is 0 Å². The SMILES string of the molecule is C=CCCC(=C)C(=O)O[SiH3]. The number of hydrogen-bond donors (Lipinski definition) is 0. The van der Waals surface area contributed by atoms with Gasteiger partial charge in [-0.25, -0.2) is 4.79 Å². The maximum atomic E-state index is 10.7. The molecule has 3 heteroatoms. The number of carbonyl (C=O) groups is 1. The molecule has 0 fully saturated rings. The fourth-order valence-electron chi connectivity index (χ4n) is 0.523. The van der Waals surface area contributed by atoms with Crippen molar-refractivity contribution in [1.82, 2.24) is 0 Å². The standard InChI is InChI=1S/C7H12O2Si/c1-3-4-5-6(2)7(8)9-10/h3H,1-2,4-5H2,10H3. The Morgan fingerprint density at radius 3 is 2.70 bits per heavy atom. The van der Waals surface area contributed by atoms with Gasteiger partial charge in [-0.2, -0.15) is 0 Å². The van der Waals surface area contributed by atoms with E-state index in [0.717, 1.165) is 6.42 Å². The molecule has 0 aromatic rings. The summed E-state index contributed by atoms with van der Waals surface area (Å²) in [5.41, 5.74) is 0.537. The lowest BCUT2D eigenvalue weighted by atomic mass is 10.2. The average Bonchev–Trinajstić information content (AvgIpc) is 1.98. The summed E-state index contributed by atoms with van der Waals surface area (Å²) in [7, 11) is 0.443. The van der Waals surface area contributed by atoms with Gasteiger partial charge in [0.15, 0.2) is 0 Å². The monoisotopic (exact) mass is 156 g/mol. The molecule has 0 aliphatic heterocycles. The number of rotatable bonds is 4. The van der Waals surface area contributed by atoms with Crippen molar-refractivity contribution in [3.8, 4) is 0 Å². The number of carbonyl (C=O) groups excluding carboxylic acids is 1. The van der Waals surface area contributed by atoms with E-state index in [-0.39, 0.29) is 5.97 Å². The summed E-state index contributed by atoms with van der Waals surface area (Å²) in [5.74, 6) is -0.270. The lowest BCUT2D eigenvalue weighted by Gasteiger charge is -1.99. The average molecular weight is 156 g/mol. The van der Waals surface area contributed by atoms with Crippen molar-refractivity contribution in [1.29, 1.82) is 0 Å². The van der Waals surface area contributed by atoms with Crippen LogP contribution in [0.25, 0.3) is 0 Å². The minimum atomic E-state index is -0.270. The van der Waals surface area contributed by atoms with E-state index < -0.39 is 0 Å². The van der Waals surface area contributed by atoms with Crippen LogP contribution in [0.5, 0.6) is 0 Å². The van der Waals surface area contributed by atoms with E-state index in [2.05, 4.69) is 17.6 Å². The molecule has 2 nitrogen and oxygen atoms in total. The molecule has 0 bridgehead atoms. The highest BCUT2D eigenvalue weighted by Crippen LogP contribution is 2.03. The van der Waals surface area contributed by atoms with Crippen molar-refractivity contribution >= 4 is 16.5 Å². The number of allylic oxidation sites excluding steroid dienone is 1. The van der Waals surface area contributed by atoms with Crippen molar-refractivity contribution in [3.05, 3.63) is 24.8 Å². The second-order valence-electron chi connectivity index (χ2n) is 1.92. The van der Waals surface area contributed by atoms with Crippen molar-refractivity contribution < 1.29 is 9.22 Å². The quantitative estimate of drug-likeness (QED) is 0.333. The van der Waals surface area contributed by atoms with Crippen LogP contribution in [0.4, 0.5) is 0 Å². The first kappa shape index (κ1) is 9.17. The first-order valence-electron chi connectivity index (χ1n) is 3.09. The third kappa shape index (κ3) is 3.24. The largest absolute Gasteiger partial charge is 0.526 e. The highest BCUT2D eigenvalue weighted by Gasteiger charge is 2.02. The van der Waals surface area contributed by atoms with Gasteiger partial charge in [-0.15, -0.1) is 6.58 Å².